The van der Waals surface area contributed by atoms with Crippen molar-refractivity contribution in [3.63, 3.8) is 0 Å². The lowest BCUT2D eigenvalue weighted by Crippen LogP contribution is -2.57. The summed E-state index contributed by atoms with van der Waals surface area (Å²) in [6.07, 6.45) is 3.97. The van der Waals surface area contributed by atoms with Crippen molar-refractivity contribution in [1.82, 2.24) is 5.32 Å². The summed E-state index contributed by atoms with van der Waals surface area (Å²) in [7, 11) is 1.77. The van der Waals surface area contributed by atoms with Crippen molar-refractivity contribution in [1.29, 1.82) is 0 Å². The van der Waals surface area contributed by atoms with Gasteiger partial charge in [-0.2, -0.15) is 0 Å². The Labute approximate surface area is 122 Å². The maximum Gasteiger partial charge on any atom is 0.127 e. The molecule has 1 aliphatic carbocycles. The van der Waals surface area contributed by atoms with E-state index >= 15 is 0 Å². The van der Waals surface area contributed by atoms with Gasteiger partial charge in [0.25, 0.3) is 0 Å². The molecule has 19 heavy (non-hydrogen) atoms. The molecule has 0 heterocycles. The maximum absolute atomic E-state index is 14.0. The van der Waals surface area contributed by atoms with Gasteiger partial charge in [0.05, 0.1) is 5.60 Å². The van der Waals surface area contributed by atoms with Crippen LogP contribution in [0.1, 0.15) is 31.7 Å². The fourth-order valence-electron chi connectivity index (χ4n) is 2.82. The first-order valence-electron chi connectivity index (χ1n) is 6.84. The average molecular weight is 330 g/mol. The summed E-state index contributed by atoms with van der Waals surface area (Å²) in [5.41, 5.74) is 0.632. The van der Waals surface area contributed by atoms with Crippen LogP contribution in [0.4, 0.5) is 4.39 Å². The minimum Gasteiger partial charge on any atom is -0.377 e. The highest BCUT2D eigenvalue weighted by atomic mass is 79.9. The molecule has 0 aromatic heterocycles. The molecule has 1 fully saturated rings. The second-order valence-corrected chi connectivity index (χ2v) is 6.09. The second-order valence-electron chi connectivity index (χ2n) is 5.17. The van der Waals surface area contributed by atoms with Crippen LogP contribution >= 0.6 is 15.9 Å². The average Bonchev–Trinajstić information content (AvgIpc) is 2.32. The zero-order valence-corrected chi connectivity index (χ0v) is 13.1. The number of halogens is 2. The molecule has 1 saturated carbocycles. The van der Waals surface area contributed by atoms with Crippen LogP contribution in [0, 0.1) is 5.82 Å². The van der Waals surface area contributed by atoms with Crippen LogP contribution in [0.5, 0.6) is 0 Å². The molecule has 2 nitrogen and oxygen atoms in total. The van der Waals surface area contributed by atoms with Gasteiger partial charge in [-0.3, -0.25) is 0 Å². The van der Waals surface area contributed by atoms with E-state index in [0.717, 1.165) is 29.4 Å². The number of hydrogen-bond acceptors (Lipinski definition) is 2. The first kappa shape index (κ1) is 14.9. The zero-order valence-electron chi connectivity index (χ0n) is 11.5. The Kier molecular flexibility index (Phi) is 4.98. The van der Waals surface area contributed by atoms with Gasteiger partial charge in [0, 0.05) is 17.6 Å². The summed E-state index contributed by atoms with van der Waals surface area (Å²) >= 11 is 3.29. The summed E-state index contributed by atoms with van der Waals surface area (Å²) in [5.74, 6) is -0.150. The van der Waals surface area contributed by atoms with Crippen molar-refractivity contribution in [2.75, 3.05) is 13.7 Å². The van der Waals surface area contributed by atoms with E-state index in [-0.39, 0.29) is 17.5 Å². The Morgan fingerprint density at radius 2 is 2.21 bits per heavy atom. The molecule has 0 radical (unpaired) electrons. The van der Waals surface area contributed by atoms with E-state index in [1.807, 2.05) is 12.1 Å². The van der Waals surface area contributed by atoms with Gasteiger partial charge in [-0.25, -0.2) is 4.39 Å². The van der Waals surface area contributed by atoms with E-state index in [2.05, 4.69) is 28.2 Å². The number of methoxy groups -OCH3 is 1. The summed E-state index contributed by atoms with van der Waals surface area (Å²) in [4.78, 5) is 0. The third-order valence-corrected chi connectivity index (χ3v) is 4.62. The van der Waals surface area contributed by atoms with Crippen LogP contribution in [-0.4, -0.2) is 25.3 Å². The highest BCUT2D eigenvalue weighted by molar-refractivity contribution is 9.10. The highest BCUT2D eigenvalue weighted by Gasteiger charge is 2.44. The van der Waals surface area contributed by atoms with Crippen molar-refractivity contribution < 1.29 is 9.13 Å². The SMILES string of the molecule is CCNC(Cc1ccc(Br)cc1F)C1(OC)CCC1. The molecule has 106 valence electrons. The quantitative estimate of drug-likeness (QED) is 0.859. The summed E-state index contributed by atoms with van der Waals surface area (Å²) in [6.45, 7) is 2.95. The molecule has 0 saturated heterocycles. The molecule has 0 amide bonds. The van der Waals surface area contributed by atoms with E-state index in [1.165, 1.54) is 12.5 Å². The zero-order chi connectivity index (χ0) is 13.9. The Morgan fingerprint density at radius 3 is 2.68 bits per heavy atom. The Morgan fingerprint density at radius 1 is 1.47 bits per heavy atom. The van der Waals surface area contributed by atoms with E-state index in [4.69, 9.17) is 4.74 Å². The first-order valence-corrected chi connectivity index (χ1v) is 7.63. The van der Waals surface area contributed by atoms with Crippen LogP contribution in [0.2, 0.25) is 0 Å². The first-order chi connectivity index (χ1) is 9.11. The van der Waals surface area contributed by atoms with Crippen molar-refractivity contribution in [3.05, 3.63) is 34.1 Å². The van der Waals surface area contributed by atoms with Gasteiger partial charge in [0.1, 0.15) is 5.82 Å². The topological polar surface area (TPSA) is 21.3 Å². The van der Waals surface area contributed by atoms with Crippen molar-refractivity contribution in [2.45, 2.75) is 44.2 Å². The number of benzene rings is 1. The van der Waals surface area contributed by atoms with Crippen LogP contribution in [0.25, 0.3) is 0 Å². The number of nitrogens with one attached hydrogen (secondary N) is 1. The molecule has 1 aromatic rings. The molecule has 1 aromatic carbocycles. The van der Waals surface area contributed by atoms with E-state index < -0.39 is 0 Å². The van der Waals surface area contributed by atoms with Crippen molar-refractivity contribution >= 4 is 15.9 Å². The van der Waals surface area contributed by atoms with E-state index in [0.29, 0.717) is 6.42 Å². The lowest BCUT2D eigenvalue weighted by atomic mass is 9.72. The third kappa shape index (κ3) is 3.18. The predicted octanol–water partition coefficient (Wildman–Crippen LogP) is 3.68. The van der Waals surface area contributed by atoms with Crippen LogP contribution in [0.15, 0.2) is 22.7 Å². The summed E-state index contributed by atoms with van der Waals surface area (Å²) < 4.78 is 20.5. The molecule has 0 aliphatic heterocycles. The van der Waals surface area contributed by atoms with Gasteiger partial charge in [-0.15, -0.1) is 0 Å². The molecule has 1 atom stereocenters. The smallest absolute Gasteiger partial charge is 0.127 e. The molecule has 1 aliphatic rings. The monoisotopic (exact) mass is 329 g/mol. The molecule has 0 bridgehead atoms. The van der Waals surface area contributed by atoms with Crippen molar-refractivity contribution in [3.8, 4) is 0 Å². The minimum atomic E-state index is -0.150. The molecular weight excluding hydrogens is 309 g/mol. The van der Waals surface area contributed by atoms with Crippen LogP contribution in [-0.2, 0) is 11.2 Å². The largest absolute Gasteiger partial charge is 0.377 e. The lowest BCUT2D eigenvalue weighted by molar-refractivity contribution is -0.0979. The molecule has 4 heteroatoms. The predicted molar refractivity (Wildman–Crippen MR) is 78.9 cm³/mol. The van der Waals surface area contributed by atoms with Gasteiger partial charge in [-0.05, 0) is 49.9 Å². The molecular formula is C15H21BrFNO. The second kappa shape index (κ2) is 6.33. The van der Waals surface area contributed by atoms with Crippen molar-refractivity contribution in [2.24, 2.45) is 0 Å². The Bertz CT molecular complexity index is 429. The molecule has 1 N–H and O–H groups in total. The maximum atomic E-state index is 14.0. The Hall–Kier alpha value is -0.450. The Balaban J connectivity index is 2.16. The van der Waals surface area contributed by atoms with Gasteiger partial charge >= 0.3 is 0 Å². The third-order valence-electron chi connectivity index (χ3n) is 4.13. The number of ether oxygens (including phenoxy) is 1. The standard InChI is InChI=1S/C15H21BrFNO/c1-3-18-14(15(19-2)7-4-8-15)9-11-5-6-12(16)10-13(11)17/h5-6,10,14,18H,3-4,7-9H2,1-2H3. The fraction of sp³-hybridized carbons (Fsp3) is 0.600. The number of hydrogen-bond donors (Lipinski definition) is 1. The van der Waals surface area contributed by atoms with Crippen LogP contribution in [0.3, 0.4) is 0 Å². The van der Waals surface area contributed by atoms with E-state index in [1.54, 1.807) is 7.11 Å². The summed E-state index contributed by atoms with van der Waals surface area (Å²) in [5, 5.41) is 3.46. The minimum absolute atomic E-state index is 0.116. The molecule has 2 rings (SSSR count). The van der Waals surface area contributed by atoms with Gasteiger partial charge in [0.2, 0.25) is 0 Å². The van der Waals surface area contributed by atoms with Crippen LogP contribution < -0.4 is 5.32 Å². The van der Waals surface area contributed by atoms with Gasteiger partial charge in [0.15, 0.2) is 0 Å². The van der Waals surface area contributed by atoms with Gasteiger partial charge < -0.3 is 10.1 Å². The summed E-state index contributed by atoms with van der Waals surface area (Å²) in [6, 6.07) is 5.44. The number of likely N-dealkylation sites (N-methyl/N-ethyl adjacent to an activating group) is 1. The molecule has 0 spiro atoms. The number of rotatable bonds is 6. The normalized spacial score (nSPS) is 18.9. The lowest BCUT2D eigenvalue weighted by Gasteiger charge is -2.47. The molecule has 1 unspecified atom stereocenters. The highest BCUT2D eigenvalue weighted by Crippen LogP contribution is 2.39. The fourth-order valence-corrected chi connectivity index (χ4v) is 3.15. The van der Waals surface area contributed by atoms with E-state index in [9.17, 15) is 4.39 Å². The van der Waals surface area contributed by atoms with Gasteiger partial charge in [-0.1, -0.05) is 28.9 Å².